The van der Waals surface area contributed by atoms with Gasteiger partial charge < -0.3 is 5.32 Å². The molecule has 0 heterocycles. The first-order chi connectivity index (χ1) is 9.57. The van der Waals surface area contributed by atoms with Crippen LogP contribution in [0, 0.1) is 44.1 Å². The maximum absolute atomic E-state index is 11.0. The Bertz CT molecular complexity index is 690. The van der Waals surface area contributed by atoms with Crippen molar-refractivity contribution in [2.45, 2.75) is 4.90 Å². The summed E-state index contributed by atoms with van der Waals surface area (Å²) in [5, 5.41) is 39.8. The minimum atomic E-state index is -0.602. The average molecular weight is 285 g/mol. The summed E-state index contributed by atoms with van der Waals surface area (Å²) in [7, 11) is 0. The molecule has 1 N–H and O–H groups in total. The lowest BCUT2D eigenvalue weighted by molar-refractivity contribution is -0.384. The molecule has 0 aliphatic rings. The Morgan fingerprint density at radius 2 is 1.95 bits per heavy atom. The van der Waals surface area contributed by atoms with E-state index in [-0.39, 0.29) is 17.1 Å². The Labute approximate surface area is 118 Å². The largest absolute Gasteiger partial charge is 0.340 e. The van der Waals surface area contributed by atoms with E-state index < -0.39 is 10.5 Å². The predicted octanol–water partition coefficient (Wildman–Crippen LogP) is 2.55. The number of hydrogen-bond donors (Lipinski definition) is 1. The first-order valence-corrected chi connectivity index (χ1v) is 6.33. The van der Waals surface area contributed by atoms with Crippen LogP contribution in [0.25, 0.3) is 0 Å². The number of benzene rings is 1. The molecule has 0 unspecified atom stereocenters. The van der Waals surface area contributed by atoms with E-state index in [0.29, 0.717) is 4.90 Å². The van der Waals surface area contributed by atoms with Gasteiger partial charge in [-0.2, -0.15) is 15.8 Å². The van der Waals surface area contributed by atoms with Crippen LogP contribution in [0.2, 0.25) is 0 Å². The summed E-state index contributed by atoms with van der Waals surface area (Å²) in [5.74, 6) is 0. The minimum absolute atomic E-state index is 0.0485. The second kappa shape index (κ2) is 6.79. The van der Waals surface area contributed by atoms with Crippen molar-refractivity contribution in [1.29, 1.82) is 15.8 Å². The fraction of sp³-hybridized carbons (Fsp3) is 0.0833. The highest BCUT2D eigenvalue weighted by molar-refractivity contribution is 7.98. The first kappa shape index (κ1) is 15.0. The Kier molecular flexibility index (Phi) is 5.11. The maximum atomic E-state index is 11.0. The van der Waals surface area contributed by atoms with Gasteiger partial charge in [-0.1, -0.05) is 0 Å². The van der Waals surface area contributed by atoms with Crippen LogP contribution in [-0.2, 0) is 0 Å². The van der Waals surface area contributed by atoms with Gasteiger partial charge in [0.25, 0.3) is 5.69 Å². The quantitative estimate of drug-likeness (QED) is 0.389. The Balaban J connectivity index is 3.33. The molecule has 1 aromatic carbocycles. The van der Waals surface area contributed by atoms with E-state index in [1.165, 1.54) is 23.9 Å². The van der Waals surface area contributed by atoms with E-state index in [1.807, 2.05) is 0 Å². The van der Waals surface area contributed by atoms with Crippen LogP contribution in [0.15, 0.2) is 34.4 Å². The summed E-state index contributed by atoms with van der Waals surface area (Å²) >= 11 is 1.34. The molecule has 0 bridgehead atoms. The van der Waals surface area contributed by atoms with E-state index >= 15 is 0 Å². The number of thioether (sulfide) groups is 1. The van der Waals surface area contributed by atoms with Crippen molar-refractivity contribution in [3.05, 3.63) is 39.6 Å². The maximum Gasteiger partial charge on any atom is 0.293 e. The van der Waals surface area contributed by atoms with Crippen LogP contribution in [0.1, 0.15) is 0 Å². The number of nitrogens with one attached hydrogen (secondary N) is 1. The molecule has 0 spiro atoms. The van der Waals surface area contributed by atoms with Gasteiger partial charge in [-0.25, -0.2) is 0 Å². The number of nitro groups is 1. The molecule has 0 saturated carbocycles. The molecule has 98 valence electrons. The fourth-order valence-corrected chi connectivity index (χ4v) is 1.75. The molecule has 7 nitrogen and oxygen atoms in total. The molecule has 0 saturated heterocycles. The molecule has 0 radical (unpaired) electrons. The standard InChI is InChI=1S/C12H7N5O2S/c1-20-9-2-3-10(12(4-9)17(18)19)16-11(7-15)8(5-13)6-14/h2-4,16H,1H3. The van der Waals surface area contributed by atoms with Crippen molar-refractivity contribution >= 4 is 23.1 Å². The van der Waals surface area contributed by atoms with E-state index in [9.17, 15) is 10.1 Å². The number of hydrogen-bond acceptors (Lipinski definition) is 7. The lowest BCUT2D eigenvalue weighted by Gasteiger charge is -2.06. The van der Waals surface area contributed by atoms with Gasteiger partial charge in [-0.15, -0.1) is 11.8 Å². The van der Waals surface area contributed by atoms with Gasteiger partial charge in [0.15, 0.2) is 5.57 Å². The molecular formula is C12H7N5O2S. The number of nitriles is 3. The van der Waals surface area contributed by atoms with Crippen molar-refractivity contribution < 1.29 is 4.92 Å². The van der Waals surface area contributed by atoms with Crippen LogP contribution in [0.4, 0.5) is 11.4 Å². The summed E-state index contributed by atoms with van der Waals surface area (Å²) < 4.78 is 0. The van der Waals surface area contributed by atoms with Crippen molar-refractivity contribution in [3.63, 3.8) is 0 Å². The topological polar surface area (TPSA) is 127 Å². The number of anilines is 1. The minimum Gasteiger partial charge on any atom is -0.340 e. The van der Waals surface area contributed by atoms with Crippen molar-refractivity contribution in [3.8, 4) is 18.2 Å². The monoisotopic (exact) mass is 285 g/mol. The zero-order valence-electron chi connectivity index (χ0n) is 10.2. The normalized spacial score (nSPS) is 8.70. The molecule has 1 aromatic rings. The van der Waals surface area contributed by atoms with Gasteiger partial charge in [-0.05, 0) is 18.4 Å². The van der Waals surface area contributed by atoms with E-state index in [2.05, 4.69) is 5.32 Å². The van der Waals surface area contributed by atoms with Crippen LogP contribution >= 0.6 is 11.8 Å². The van der Waals surface area contributed by atoms with Gasteiger partial charge in [0.05, 0.1) is 4.92 Å². The highest BCUT2D eigenvalue weighted by Gasteiger charge is 2.17. The lowest BCUT2D eigenvalue weighted by Crippen LogP contribution is -2.03. The summed E-state index contributed by atoms with van der Waals surface area (Å²) in [6, 6.07) is 9.15. The number of allylic oxidation sites excluding steroid dienone is 2. The van der Waals surface area contributed by atoms with Crippen LogP contribution in [0.3, 0.4) is 0 Å². The predicted molar refractivity (Wildman–Crippen MR) is 72.4 cm³/mol. The Morgan fingerprint density at radius 1 is 1.30 bits per heavy atom. The van der Waals surface area contributed by atoms with E-state index in [1.54, 1.807) is 30.5 Å². The molecular weight excluding hydrogens is 278 g/mol. The van der Waals surface area contributed by atoms with Crippen LogP contribution in [-0.4, -0.2) is 11.2 Å². The Morgan fingerprint density at radius 3 is 2.40 bits per heavy atom. The zero-order valence-corrected chi connectivity index (χ0v) is 11.1. The second-order valence-electron chi connectivity index (χ2n) is 3.35. The van der Waals surface area contributed by atoms with Gasteiger partial charge in [-0.3, -0.25) is 10.1 Å². The van der Waals surface area contributed by atoms with Crippen molar-refractivity contribution in [1.82, 2.24) is 0 Å². The summed E-state index contributed by atoms with van der Waals surface area (Å²) in [4.78, 5) is 11.1. The van der Waals surface area contributed by atoms with Gasteiger partial charge in [0.1, 0.15) is 29.6 Å². The van der Waals surface area contributed by atoms with Crippen LogP contribution < -0.4 is 5.32 Å². The molecule has 0 aliphatic heterocycles. The third-order valence-electron chi connectivity index (χ3n) is 2.25. The number of rotatable bonds is 4. The van der Waals surface area contributed by atoms with Crippen molar-refractivity contribution in [2.75, 3.05) is 11.6 Å². The zero-order chi connectivity index (χ0) is 15.1. The molecule has 0 fully saturated rings. The van der Waals surface area contributed by atoms with Gasteiger partial charge in [0.2, 0.25) is 0 Å². The second-order valence-corrected chi connectivity index (χ2v) is 4.23. The smallest absolute Gasteiger partial charge is 0.293 e. The summed E-state index contributed by atoms with van der Waals surface area (Å²) in [5.41, 5.74) is -0.946. The van der Waals surface area contributed by atoms with Gasteiger partial charge in [0, 0.05) is 11.0 Å². The van der Waals surface area contributed by atoms with Gasteiger partial charge >= 0.3 is 0 Å². The molecule has 1 rings (SSSR count). The molecule has 0 aromatic heterocycles. The van der Waals surface area contributed by atoms with E-state index in [0.717, 1.165) is 0 Å². The number of nitro benzene ring substituents is 1. The third-order valence-corrected chi connectivity index (χ3v) is 2.97. The fourth-order valence-electron chi connectivity index (χ4n) is 1.31. The summed E-state index contributed by atoms with van der Waals surface area (Å²) in [6.07, 6.45) is 1.77. The Hall–Kier alpha value is -3.02. The highest BCUT2D eigenvalue weighted by atomic mass is 32.2. The summed E-state index contributed by atoms with van der Waals surface area (Å²) in [6.45, 7) is 0. The number of nitrogens with zero attached hydrogens (tertiary/aromatic N) is 4. The third kappa shape index (κ3) is 3.26. The molecule has 0 atom stereocenters. The molecule has 0 amide bonds. The molecule has 20 heavy (non-hydrogen) atoms. The molecule has 8 heteroatoms. The van der Waals surface area contributed by atoms with Crippen LogP contribution in [0.5, 0.6) is 0 Å². The SMILES string of the molecule is CSc1ccc(NC(C#N)=C(C#N)C#N)c([N+](=O)[O-])c1. The average Bonchev–Trinajstić information content (AvgIpc) is 2.47. The molecule has 0 aliphatic carbocycles. The lowest BCUT2D eigenvalue weighted by atomic mass is 10.2. The highest BCUT2D eigenvalue weighted by Crippen LogP contribution is 2.30. The first-order valence-electron chi connectivity index (χ1n) is 5.11. The van der Waals surface area contributed by atoms with E-state index in [4.69, 9.17) is 15.8 Å². The van der Waals surface area contributed by atoms with Crippen molar-refractivity contribution in [2.24, 2.45) is 0 Å².